The average Bonchev–Trinajstić information content (AvgIpc) is 2.48. The summed E-state index contributed by atoms with van der Waals surface area (Å²) in [5.41, 5.74) is 1.40. The number of halogens is 1. The summed E-state index contributed by atoms with van der Waals surface area (Å²) < 4.78 is 6.28. The molecule has 0 aliphatic carbocycles. The number of hydrogen-bond acceptors (Lipinski definition) is 4. The summed E-state index contributed by atoms with van der Waals surface area (Å²) >= 11 is 2.18. The maximum absolute atomic E-state index is 11.8. The number of hydrogen-bond donors (Lipinski definition) is 1. The maximum Gasteiger partial charge on any atom is 0.405 e. The first kappa shape index (κ1) is 16.2. The van der Waals surface area contributed by atoms with Crippen LogP contribution in [-0.4, -0.2) is 18.5 Å². The van der Waals surface area contributed by atoms with Gasteiger partial charge >= 0.3 is 11.7 Å². The topological polar surface area (TPSA) is 82.3 Å². The van der Waals surface area contributed by atoms with Crippen molar-refractivity contribution in [3.8, 4) is 0 Å². The van der Waals surface area contributed by atoms with E-state index in [-0.39, 0.29) is 5.69 Å². The highest BCUT2D eigenvalue weighted by Crippen LogP contribution is 2.17. The number of anilines is 1. The number of esters is 1. The molecule has 0 saturated carbocycles. The Balaban J connectivity index is 1.93. The normalized spacial score (nSPS) is 10.1. The summed E-state index contributed by atoms with van der Waals surface area (Å²) in [5.74, 6) is -1.31. The van der Waals surface area contributed by atoms with Crippen LogP contribution < -0.4 is 10.0 Å². The van der Waals surface area contributed by atoms with Gasteiger partial charge in [0.2, 0.25) is 0 Å². The van der Waals surface area contributed by atoms with Gasteiger partial charge in [0.1, 0.15) is 0 Å². The summed E-state index contributed by atoms with van der Waals surface area (Å²) in [6.45, 7) is 1.41. The number of aromatic nitrogens is 1. The van der Waals surface area contributed by atoms with Crippen LogP contribution in [0.25, 0.3) is 0 Å². The Hall–Kier alpha value is -2.16. The fourth-order valence-corrected chi connectivity index (χ4v) is 2.39. The number of benzene rings is 1. The molecule has 0 bridgehead atoms. The fraction of sp³-hybridized carbons (Fsp3) is 0.133. The fourth-order valence-electron chi connectivity index (χ4n) is 1.74. The van der Waals surface area contributed by atoms with Crippen LogP contribution in [0.2, 0.25) is 0 Å². The van der Waals surface area contributed by atoms with Crippen molar-refractivity contribution in [3.63, 3.8) is 0 Å². The van der Waals surface area contributed by atoms with Crippen LogP contribution in [0.4, 0.5) is 5.69 Å². The van der Waals surface area contributed by atoms with E-state index in [0.29, 0.717) is 10.4 Å². The zero-order valence-electron chi connectivity index (χ0n) is 11.7. The molecular weight excluding hydrogens is 399 g/mol. The second-order valence-corrected chi connectivity index (χ2v) is 5.74. The Morgan fingerprint density at radius 1 is 1.32 bits per heavy atom. The van der Waals surface area contributed by atoms with Gasteiger partial charge < -0.3 is 15.3 Å². The van der Waals surface area contributed by atoms with Gasteiger partial charge in [0, 0.05) is 21.4 Å². The molecule has 6 nitrogen and oxygen atoms in total. The van der Waals surface area contributed by atoms with Crippen molar-refractivity contribution < 1.29 is 19.1 Å². The van der Waals surface area contributed by atoms with Crippen LogP contribution in [0.15, 0.2) is 42.6 Å². The van der Waals surface area contributed by atoms with Crippen molar-refractivity contribution in [1.82, 2.24) is 0 Å². The smallest absolute Gasteiger partial charge is 0.405 e. The lowest BCUT2D eigenvalue weighted by atomic mass is 10.2. The number of ether oxygens (including phenoxy) is 1. The molecule has 0 spiro atoms. The summed E-state index contributed by atoms with van der Waals surface area (Å²) in [6.07, 6.45) is 1.19. The molecule has 114 valence electrons. The monoisotopic (exact) mass is 412 g/mol. The van der Waals surface area contributed by atoms with E-state index < -0.39 is 18.5 Å². The lowest BCUT2D eigenvalue weighted by molar-refractivity contribution is -0.608. The number of rotatable bonds is 4. The van der Waals surface area contributed by atoms with Gasteiger partial charge in [0.25, 0.3) is 5.91 Å². The highest BCUT2D eigenvalue weighted by Gasteiger charge is 2.18. The first-order valence-electron chi connectivity index (χ1n) is 6.38. The molecule has 0 aliphatic heterocycles. The molecule has 0 fully saturated rings. The molecule has 0 radical (unpaired) electrons. The van der Waals surface area contributed by atoms with E-state index in [1.54, 1.807) is 12.1 Å². The highest BCUT2D eigenvalue weighted by molar-refractivity contribution is 14.1. The second-order valence-electron chi connectivity index (χ2n) is 4.50. The SMILES string of the molecule is Cc1cc(I)ccc1NC(=O)COC(=O)c1cccc[n+]1[O-]. The minimum absolute atomic E-state index is 0.166. The van der Waals surface area contributed by atoms with Crippen molar-refractivity contribution in [1.29, 1.82) is 0 Å². The third-order valence-corrected chi connectivity index (χ3v) is 3.50. The van der Waals surface area contributed by atoms with E-state index in [9.17, 15) is 14.8 Å². The predicted molar refractivity (Wildman–Crippen MR) is 88.2 cm³/mol. The molecule has 22 heavy (non-hydrogen) atoms. The standard InChI is InChI=1S/C15H13IN2O4/c1-10-8-11(16)5-6-12(10)17-14(19)9-22-15(20)13-4-2-3-7-18(13)21/h2-8H,9H2,1H3,(H,17,19). The third-order valence-electron chi connectivity index (χ3n) is 2.83. The van der Waals surface area contributed by atoms with Crippen molar-refractivity contribution >= 4 is 40.2 Å². The Labute approximate surface area is 140 Å². The lowest BCUT2D eigenvalue weighted by Crippen LogP contribution is -2.35. The summed E-state index contributed by atoms with van der Waals surface area (Å²) in [4.78, 5) is 23.5. The van der Waals surface area contributed by atoms with Crippen LogP contribution in [0, 0.1) is 15.7 Å². The van der Waals surface area contributed by atoms with Gasteiger partial charge in [-0.3, -0.25) is 4.79 Å². The Morgan fingerprint density at radius 3 is 2.77 bits per heavy atom. The van der Waals surface area contributed by atoms with Gasteiger partial charge in [-0.2, -0.15) is 4.73 Å². The molecule has 2 aromatic rings. The van der Waals surface area contributed by atoms with Crippen LogP contribution in [-0.2, 0) is 9.53 Å². The highest BCUT2D eigenvalue weighted by atomic mass is 127. The third kappa shape index (κ3) is 4.17. The summed E-state index contributed by atoms with van der Waals surface area (Å²) in [6, 6.07) is 9.93. The number of aryl methyl sites for hydroxylation is 1. The molecule has 0 aliphatic rings. The molecule has 0 atom stereocenters. The molecule has 2 rings (SSSR count). The van der Waals surface area contributed by atoms with Gasteiger partial charge in [-0.15, -0.1) is 0 Å². The first-order valence-corrected chi connectivity index (χ1v) is 7.46. The predicted octanol–water partition coefficient (Wildman–Crippen LogP) is 2.03. The van der Waals surface area contributed by atoms with Gasteiger partial charge in [-0.1, -0.05) is 0 Å². The Morgan fingerprint density at radius 2 is 2.09 bits per heavy atom. The number of pyridine rings is 1. The summed E-state index contributed by atoms with van der Waals surface area (Å²) in [7, 11) is 0. The van der Waals surface area contributed by atoms with Crippen LogP contribution in [0.1, 0.15) is 16.1 Å². The molecule has 7 heteroatoms. The molecule has 1 N–H and O–H groups in total. The van der Waals surface area contributed by atoms with Crippen molar-refractivity contribution in [2.24, 2.45) is 0 Å². The van der Waals surface area contributed by atoms with E-state index >= 15 is 0 Å². The Kier molecular flexibility index (Phi) is 5.31. The quantitative estimate of drug-likeness (QED) is 0.361. The zero-order valence-corrected chi connectivity index (χ0v) is 13.9. The van der Waals surface area contributed by atoms with E-state index in [2.05, 4.69) is 27.9 Å². The number of carbonyl (C=O) groups is 2. The van der Waals surface area contributed by atoms with E-state index in [1.807, 2.05) is 19.1 Å². The maximum atomic E-state index is 11.8. The Bertz CT molecular complexity index is 718. The van der Waals surface area contributed by atoms with Crippen molar-refractivity contribution in [2.45, 2.75) is 6.92 Å². The molecule has 1 aromatic carbocycles. The van der Waals surface area contributed by atoms with E-state index in [1.165, 1.54) is 18.3 Å². The largest absolute Gasteiger partial charge is 0.618 e. The minimum Gasteiger partial charge on any atom is -0.618 e. The van der Waals surface area contributed by atoms with Gasteiger partial charge in [0.05, 0.1) is 0 Å². The van der Waals surface area contributed by atoms with E-state index in [4.69, 9.17) is 4.74 Å². The van der Waals surface area contributed by atoms with Crippen LogP contribution in [0.5, 0.6) is 0 Å². The summed E-state index contributed by atoms with van der Waals surface area (Å²) in [5, 5.41) is 14.0. The number of nitrogens with zero attached hydrogens (tertiary/aromatic N) is 1. The number of nitrogens with one attached hydrogen (secondary N) is 1. The van der Waals surface area contributed by atoms with Gasteiger partial charge in [-0.25, -0.2) is 4.79 Å². The first-order chi connectivity index (χ1) is 10.5. The number of amides is 1. The minimum atomic E-state index is -0.843. The lowest BCUT2D eigenvalue weighted by Gasteiger charge is -2.09. The van der Waals surface area contributed by atoms with Crippen LogP contribution in [0.3, 0.4) is 0 Å². The molecule has 1 aromatic heterocycles. The van der Waals surface area contributed by atoms with Gasteiger partial charge in [0.15, 0.2) is 12.8 Å². The molecular formula is C15H13IN2O4. The zero-order chi connectivity index (χ0) is 16.1. The average molecular weight is 412 g/mol. The van der Waals surface area contributed by atoms with E-state index in [0.717, 1.165) is 9.13 Å². The van der Waals surface area contributed by atoms with Gasteiger partial charge in [-0.05, 0) is 59.3 Å². The molecule has 0 unspecified atom stereocenters. The van der Waals surface area contributed by atoms with Crippen molar-refractivity contribution in [2.75, 3.05) is 11.9 Å². The second kappa shape index (κ2) is 7.21. The molecule has 1 amide bonds. The number of carbonyl (C=O) groups excluding carboxylic acids is 2. The van der Waals surface area contributed by atoms with Crippen molar-refractivity contribution in [3.05, 3.63) is 62.6 Å². The van der Waals surface area contributed by atoms with Crippen LogP contribution >= 0.6 is 22.6 Å². The molecule has 1 heterocycles. The molecule has 0 saturated heterocycles.